The van der Waals surface area contributed by atoms with Crippen LogP contribution in [0.2, 0.25) is 0 Å². The first-order chi connectivity index (χ1) is 8.75. The summed E-state index contributed by atoms with van der Waals surface area (Å²) in [4.78, 5) is 6.71. The van der Waals surface area contributed by atoms with Crippen LogP contribution in [0.1, 0.15) is 38.7 Å². The second-order valence-corrected chi connectivity index (χ2v) is 5.54. The molecule has 1 aromatic heterocycles. The molecule has 18 heavy (non-hydrogen) atoms. The summed E-state index contributed by atoms with van der Waals surface area (Å²) in [5, 5.41) is 3.58. The van der Waals surface area contributed by atoms with Gasteiger partial charge in [0.05, 0.1) is 0 Å². The first-order valence-electron chi connectivity index (χ1n) is 7.12. The summed E-state index contributed by atoms with van der Waals surface area (Å²) in [6.45, 7) is 7.84. The minimum Gasteiger partial charge on any atom is -0.313 e. The molecule has 1 atom stereocenters. The topological polar surface area (TPSA) is 28.2 Å². The number of piperidine rings is 1. The molecule has 3 nitrogen and oxygen atoms in total. The van der Waals surface area contributed by atoms with Gasteiger partial charge in [0.15, 0.2) is 0 Å². The largest absolute Gasteiger partial charge is 0.313 e. The molecule has 3 heteroatoms. The number of likely N-dealkylation sites (tertiary alicyclic amines) is 1. The summed E-state index contributed by atoms with van der Waals surface area (Å²) in [6, 6.07) is 5.52. The minimum atomic E-state index is 0.578. The molecule has 0 spiro atoms. The van der Waals surface area contributed by atoms with Gasteiger partial charge in [-0.25, -0.2) is 0 Å². The van der Waals surface area contributed by atoms with Crippen molar-refractivity contribution in [1.82, 2.24) is 15.2 Å². The molecule has 100 valence electrons. The summed E-state index contributed by atoms with van der Waals surface area (Å²) in [5.74, 6) is 0. The van der Waals surface area contributed by atoms with Gasteiger partial charge in [-0.05, 0) is 37.1 Å². The first kappa shape index (κ1) is 13.5. The van der Waals surface area contributed by atoms with Crippen LogP contribution in [0.3, 0.4) is 0 Å². The van der Waals surface area contributed by atoms with E-state index in [-0.39, 0.29) is 0 Å². The Labute approximate surface area is 111 Å². The van der Waals surface area contributed by atoms with Crippen molar-refractivity contribution in [3.8, 4) is 0 Å². The van der Waals surface area contributed by atoms with Crippen molar-refractivity contribution >= 4 is 0 Å². The van der Waals surface area contributed by atoms with E-state index in [0.29, 0.717) is 12.1 Å². The van der Waals surface area contributed by atoms with Crippen molar-refractivity contribution in [1.29, 1.82) is 0 Å². The van der Waals surface area contributed by atoms with E-state index in [2.05, 4.69) is 41.2 Å². The third-order valence-electron chi connectivity index (χ3n) is 3.65. The van der Waals surface area contributed by atoms with Crippen LogP contribution in [0.4, 0.5) is 0 Å². The standard InChI is InChI=1S/C15H25N3/c1-13(2)17-11-15-5-3-4-10-18(15)12-14-6-8-16-9-7-14/h6-9,13,15,17H,3-5,10-12H2,1-2H3. The summed E-state index contributed by atoms with van der Waals surface area (Å²) >= 11 is 0. The lowest BCUT2D eigenvalue weighted by molar-refractivity contribution is 0.135. The molecule has 1 saturated heterocycles. The smallest absolute Gasteiger partial charge is 0.0271 e. The van der Waals surface area contributed by atoms with Crippen LogP contribution in [0.25, 0.3) is 0 Å². The third-order valence-corrected chi connectivity index (χ3v) is 3.65. The molecule has 1 fully saturated rings. The molecule has 1 aliphatic heterocycles. The number of hydrogen-bond donors (Lipinski definition) is 1. The Kier molecular flexibility index (Phi) is 5.14. The summed E-state index contributed by atoms with van der Waals surface area (Å²) in [6.07, 6.45) is 7.81. The number of aromatic nitrogens is 1. The Hall–Kier alpha value is -0.930. The lowest BCUT2D eigenvalue weighted by Gasteiger charge is -2.36. The number of nitrogens with zero attached hydrogens (tertiary/aromatic N) is 2. The first-order valence-corrected chi connectivity index (χ1v) is 7.12. The van der Waals surface area contributed by atoms with Crippen molar-refractivity contribution in [3.63, 3.8) is 0 Å². The fourth-order valence-corrected chi connectivity index (χ4v) is 2.59. The fraction of sp³-hybridized carbons (Fsp3) is 0.667. The average molecular weight is 247 g/mol. The van der Waals surface area contributed by atoms with Crippen LogP contribution < -0.4 is 5.32 Å². The van der Waals surface area contributed by atoms with E-state index in [0.717, 1.165) is 13.1 Å². The molecule has 1 aromatic rings. The van der Waals surface area contributed by atoms with Gasteiger partial charge in [-0.3, -0.25) is 9.88 Å². The molecule has 0 radical (unpaired) electrons. The lowest BCUT2D eigenvalue weighted by Crippen LogP contribution is -2.46. The van der Waals surface area contributed by atoms with Crippen LogP contribution in [-0.2, 0) is 6.54 Å². The summed E-state index contributed by atoms with van der Waals surface area (Å²) in [7, 11) is 0. The number of hydrogen-bond acceptors (Lipinski definition) is 3. The quantitative estimate of drug-likeness (QED) is 0.866. The molecule has 0 amide bonds. The monoisotopic (exact) mass is 247 g/mol. The second kappa shape index (κ2) is 6.86. The van der Waals surface area contributed by atoms with E-state index in [1.54, 1.807) is 0 Å². The lowest BCUT2D eigenvalue weighted by atomic mass is 10.0. The molecule has 1 N–H and O–H groups in total. The zero-order valence-electron chi connectivity index (χ0n) is 11.6. The molecular formula is C15H25N3. The predicted octanol–water partition coefficient (Wildman–Crippen LogP) is 2.43. The number of pyridine rings is 1. The van der Waals surface area contributed by atoms with Crippen molar-refractivity contribution in [2.24, 2.45) is 0 Å². The Morgan fingerprint density at radius 1 is 1.33 bits per heavy atom. The Morgan fingerprint density at radius 3 is 2.83 bits per heavy atom. The van der Waals surface area contributed by atoms with Gasteiger partial charge in [-0.2, -0.15) is 0 Å². The van der Waals surface area contributed by atoms with E-state index in [9.17, 15) is 0 Å². The molecule has 0 bridgehead atoms. The van der Waals surface area contributed by atoms with Gasteiger partial charge in [0.1, 0.15) is 0 Å². The zero-order valence-corrected chi connectivity index (χ0v) is 11.6. The van der Waals surface area contributed by atoms with E-state index in [1.807, 2.05) is 12.4 Å². The van der Waals surface area contributed by atoms with E-state index in [4.69, 9.17) is 0 Å². The van der Waals surface area contributed by atoms with Gasteiger partial charge in [0.25, 0.3) is 0 Å². The molecule has 2 rings (SSSR count). The average Bonchev–Trinajstić information content (AvgIpc) is 2.39. The van der Waals surface area contributed by atoms with Gasteiger partial charge in [-0.15, -0.1) is 0 Å². The van der Waals surface area contributed by atoms with Crippen LogP contribution in [0, 0.1) is 0 Å². The van der Waals surface area contributed by atoms with E-state index < -0.39 is 0 Å². The van der Waals surface area contributed by atoms with Crippen molar-refractivity contribution < 1.29 is 0 Å². The number of rotatable bonds is 5. The molecule has 0 aromatic carbocycles. The Bertz CT molecular complexity index is 337. The van der Waals surface area contributed by atoms with Crippen molar-refractivity contribution in [2.75, 3.05) is 13.1 Å². The summed E-state index contributed by atoms with van der Waals surface area (Å²) in [5.41, 5.74) is 1.38. The van der Waals surface area contributed by atoms with Crippen LogP contribution >= 0.6 is 0 Å². The third kappa shape index (κ3) is 4.07. The van der Waals surface area contributed by atoms with Gasteiger partial charge >= 0.3 is 0 Å². The van der Waals surface area contributed by atoms with Gasteiger partial charge in [0, 0.05) is 37.6 Å². The van der Waals surface area contributed by atoms with E-state index in [1.165, 1.54) is 31.4 Å². The second-order valence-electron chi connectivity index (χ2n) is 5.54. The zero-order chi connectivity index (χ0) is 12.8. The minimum absolute atomic E-state index is 0.578. The van der Waals surface area contributed by atoms with Gasteiger partial charge in [0.2, 0.25) is 0 Å². The molecule has 1 aliphatic rings. The Morgan fingerprint density at radius 2 is 2.11 bits per heavy atom. The molecule has 2 heterocycles. The predicted molar refractivity (Wildman–Crippen MR) is 75.4 cm³/mol. The molecular weight excluding hydrogens is 222 g/mol. The maximum atomic E-state index is 4.09. The highest BCUT2D eigenvalue weighted by Gasteiger charge is 2.22. The molecule has 0 aliphatic carbocycles. The van der Waals surface area contributed by atoms with Crippen molar-refractivity contribution in [3.05, 3.63) is 30.1 Å². The molecule has 0 saturated carbocycles. The highest BCUT2D eigenvalue weighted by atomic mass is 15.2. The van der Waals surface area contributed by atoms with Crippen LogP contribution in [-0.4, -0.2) is 35.1 Å². The normalized spacial score (nSPS) is 21.4. The van der Waals surface area contributed by atoms with Gasteiger partial charge < -0.3 is 5.32 Å². The number of nitrogens with one attached hydrogen (secondary N) is 1. The maximum absolute atomic E-state index is 4.09. The maximum Gasteiger partial charge on any atom is 0.0271 e. The SMILES string of the molecule is CC(C)NCC1CCCCN1Cc1ccncc1. The molecule has 1 unspecified atom stereocenters. The van der Waals surface area contributed by atoms with E-state index >= 15 is 0 Å². The van der Waals surface area contributed by atoms with Gasteiger partial charge in [-0.1, -0.05) is 20.3 Å². The Balaban J connectivity index is 1.91. The van der Waals surface area contributed by atoms with Crippen LogP contribution in [0.15, 0.2) is 24.5 Å². The van der Waals surface area contributed by atoms with Crippen molar-refractivity contribution in [2.45, 2.75) is 51.7 Å². The van der Waals surface area contributed by atoms with Crippen LogP contribution in [0.5, 0.6) is 0 Å². The highest BCUT2D eigenvalue weighted by Crippen LogP contribution is 2.19. The fourth-order valence-electron chi connectivity index (χ4n) is 2.59. The highest BCUT2D eigenvalue weighted by molar-refractivity contribution is 5.09. The summed E-state index contributed by atoms with van der Waals surface area (Å²) < 4.78 is 0.